The number of carbonyl (C=O) groups is 2. The molecule has 0 saturated heterocycles. The molecule has 0 spiro atoms. The molecule has 2 aliphatic heterocycles. The van der Waals surface area contributed by atoms with E-state index in [4.69, 9.17) is 17.6 Å². The van der Waals surface area contributed by atoms with Gasteiger partial charge < -0.3 is 8.83 Å². The van der Waals surface area contributed by atoms with Crippen LogP contribution in [0.25, 0.3) is 95.2 Å². The normalized spacial score (nSPS) is 14.8. The van der Waals surface area contributed by atoms with Crippen molar-refractivity contribution in [2.24, 2.45) is 0 Å². The van der Waals surface area contributed by atoms with Crippen molar-refractivity contribution in [1.82, 2.24) is 8.75 Å². The first-order valence-corrected chi connectivity index (χ1v) is 24.7. The molecule has 0 amide bonds. The molecule has 0 unspecified atom stereocenters. The van der Waals surface area contributed by atoms with Gasteiger partial charge in [0.2, 0.25) is 10.2 Å². The highest BCUT2D eigenvalue weighted by Gasteiger charge is 2.36. The Morgan fingerprint density at radius 2 is 0.885 bits per heavy atom. The molecule has 10 aromatic rings. The van der Waals surface area contributed by atoms with Crippen molar-refractivity contribution in [2.75, 3.05) is 0 Å². The number of thioether (sulfide) groups is 2. The van der Waals surface area contributed by atoms with E-state index in [1.165, 1.54) is 49.9 Å². The minimum absolute atomic E-state index is 0.0794. The molecule has 0 saturated carbocycles. The maximum Gasteiger partial charge on any atom is 0.225 e. The number of aromatic nitrogens is 2. The Labute approximate surface area is 377 Å². The standard InChI is InChI=1S/C48H26N2O4S7/c1-23-3-6-26-41(21-23)59-47(51)43(26)44-27-7-5-25(22-42(27)60-48(44)52)30-11-12-32(54-30)36-16-20-40(58-36)38-18-14-34(56-38)29-9-8-28(45-46(29)50-61-49-45)33-13-17-37(55-33)39-19-15-35(57-39)31-10-4-24(2)53-31/h3-22H,1-2H3/b44-43+. The topological polar surface area (TPSA) is 86.2 Å². The lowest BCUT2D eigenvalue weighted by atomic mass is 9.95. The summed E-state index contributed by atoms with van der Waals surface area (Å²) in [7, 11) is 0. The van der Waals surface area contributed by atoms with Crippen LogP contribution < -0.4 is 0 Å². The fraction of sp³-hybridized carbons (Fsp3) is 0.0417. The number of furan rings is 2. The van der Waals surface area contributed by atoms with Crippen LogP contribution in [0.3, 0.4) is 0 Å². The molecule has 0 aliphatic carbocycles. The monoisotopic (exact) mass is 918 g/mol. The smallest absolute Gasteiger partial charge is 0.225 e. The number of nitrogens with zero attached hydrogens (tertiary/aromatic N) is 2. The molecule has 61 heavy (non-hydrogen) atoms. The van der Waals surface area contributed by atoms with Gasteiger partial charge in [-0.25, -0.2) is 0 Å². The molecule has 294 valence electrons. The van der Waals surface area contributed by atoms with Crippen LogP contribution in [0.5, 0.6) is 0 Å². The van der Waals surface area contributed by atoms with Gasteiger partial charge in [-0.05, 0) is 128 Å². The van der Waals surface area contributed by atoms with Crippen LogP contribution in [0.1, 0.15) is 22.5 Å². The molecule has 13 heteroatoms. The summed E-state index contributed by atoms with van der Waals surface area (Å²) in [6, 6.07) is 41.5. The second-order valence-electron chi connectivity index (χ2n) is 14.6. The predicted molar refractivity (Wildman–Crippen MR) is 256 cm³/mol. The molecule has 0 atom stereocenters. The Kier molecular flexibility index (Phi) is 8.96. The number of carbonyl (C=O) groups excluding carboxylic acids is 2. The molecule has 0 fully saturated rings. The summed E-state index contributed by atoms with van der Waals surface area (Å²) in [4.78, 5) is 37.5. The quantitative estimate of drug-likeness (QED) is 0.146. The van der Waals surface area contributed by atoms with E-state index in [2.05, 4.69) is 60.7 Å². The zero-order chi connectivity index (χ0) is 40.9. The minimum atomic E-state index is -0.102. The molecular weight excluding hydrogens is 893 g/mol. The number of benzene rings is 3. The summed E-state index contributed by atoms with van der Waals surface area (Å²) in [5.74, 6) is 3.32. The predicted octanol–water partition coefficient (Wildman–Crippen LogP) is 15.6. The molecule has 7 aromatic heterocycles. The SMILES string of the molecule is Cc1ccc2c(c1)SC(=O)/C2=C1/C(=O)Sc2cc(-c3ccc(-c4ccc(-c5ccc(-c6ccc(-c7ccc(-c8ccc(-c9ccc(C)o9)s8)s7)c7nsnc67)s5)s4)o3)ccc21. The van der Waals surface area contributed by atoms with Gasteiger partial charge in [-0.3, -0.25) is 9.59 Å². The first kappa shape index (κ1) is 37.4. The maximum atomic E-state index is 13.4. The average molecular weight is 919 g/mol. The van der Waals surface area contributed by atoms with Crippen molar-refractivity contribution < 1.29 is 18.4 Å². The van der Waals surface area contributed by atoms with E-state index in [-0.39, 0.29) is 10.2 Å². The van der Waals surface area contributed by atoms with Crippen LogP contribution in [0.2, 0.25) is 0 Å². The Bertz CT molecular complexity index is 3470. The summed E-state index contributed by atoms with van der Waals surface area (Å²) >= 11 is 10.6. The van der Waals surface area contributed by atoms with Crippen molar-refractivity contribution in [3.8, 4) is 73.0 Å². The number of rotatable bonds is 7. The molecule has 9 heterocycles. The molecule has 6 nitrogen and oxygen atoms in total. The van der Waals surface area contributed by atoms with E-state index in [1.807, 2.05) is 74.5 Å². The molecule has 12 rings (SSSR count). The van der Waals surface area contributed by atoms with Crippen molar-refractivity contribution in [3.63, 3.8) is 0 Å². The number of hydrogen-bond donors (Lipinski definition) is 0. The molecule has 0 N–H and O–H groups in total. The third kappa shape index (κ3) is 6.41. The van der Waals surface area contributed by atoms with Gasteiger partial charge in [0.25, 0.3) is 0 Å². The van der Waals surface area contributed by atoms with Crippen molar-refractivity contribution in [2.45, 2.75) is 23.6 Å². The van der Waals surface area contributed by atoms with E-state index < -0.39 is 0 Å². The average Bonchev–Trinajstić information content (AvgIpc) is 4.08. The number of aryl methyl sites for hydroxylation is 2. The third-order valence-corrected chi connectivity index (χ3v) is 17.9. The highest BCUT2D eigenvalue weighted by molar-refractivity contribution is 8.16. The van der Waals surface area contributed by atoms with E-state index in [1.54, 1.807) is 45.3 Å². The summed E-state index contributed by atoms with van der Waals surface area (Å²) in [5, 5.41) is -0.181. The van der Waals surface area contributed by atoms with Gasteiger partial charge in [-0.2, -0.15) is 8.75 Å². The zero-order valence-electron chi connectivity index (χ0n) is 31.9. The lowest BCUT2D eigenvalue weighted by Crippen LogP contribution is -1.99. The van der Waals surface area contributed by atoms with Crippen LogP contribution in [-0.2, 0) is 9.59 Å². The summed E-state index contributed by atoms with van der Waals surface area (Å²) in [6.45, 7) is 3.98. The Morgan fingerprint density at radius 1 is 0.426 bits per heavy atom. The Hall–Kier alpha value is -5.38. The Balaban J connectivity index is 0.783. The highest BCUT2D eigenvalue weighted by Crippen LogP contribution is 2.52. The first-order valence-electron chi connectivity index (χ1n) is 19.1. The van der Waals surface area contributed by atoms with Crippen LogP contribution in [0, 0.1) is 13.8 Å². The molecule has 0 bridgehead atoms. The van der Waals surface area contributed by atoms with Gasteiger partial charge in [-0.15, -0.1) is 45.3 Å². The van der Waals surface area contributed by atoms with Crippen molar-refractivity contribution in [1.29, 1.82) is 0 Å². The van der Waals surface area contributed by atoms with Crippen LogP contribution in [-0.4, -0.2) is 19.0 Å². The number of thiophene rings is 4. The lowest BCUT2D eigenvalue weighted by Gasteiger charge is -2.06. The number of fused-ring (bicyclic) bond motifs is 3. The van der Waals surface area contributed by atoms with Gasteiger partial charge in [-0.1, -0.05) is 36.4 Å². The van der Waals surface area contributed by atoms with Crippen LogP contribution in [0.15, 0.2) is 140 Å². The zero-order valence-corrected chi connectivity index (χ0v) is 37.6. The fourth-order valence-corrected chi connectivity index (χ4v) is 14.5. The van der Waals surface area contributed by atoms with Crippen LogP contribution >= 0.6 is 80.6 Å². The third-order valence-electron chi connectivity index (χ3n) is 10.7. The van der Waals surface area contributed by atoms with Crippen LogP contribution in [0.4, 0.5) is 0 Å². The largest absolute Gasteiger partial charge is 0.461 e. The number of hydrogen-bond acceptors (Lipinski definition) is 13. The molecular formula is C48H26N2O4S7. The van der Waals surface area contributed by atoms with Gasteiger partial charge >= 0.3 is 0 Å². The summed E-state index contributed by atoms with van der Waals surface area (Å²) in [6.07, 6.45) is 0. The van der Waals surface area contributed by atoms with Gasteiger partial charge in [0.1, 0.15) is 34.1 Å². The van der Waals surface area contributed by atoms with E-state index in [9.17, 15) is 9.59 Å². The first-order chi connectivity index (χ1) is 29.8. The summed E-state index contributed by atoms with van der Waals surface area (Å²) in [5.41, 5.74) is 8.62. The van der Waals surface area contributed by atoms with Gasteiger partial charge in [0, 0.05) is 78.0 Å². The van der Waals surface area contributed by atoms with E-state index in [0.29, 0.717) is 11.1 Å². The Morgan fingerprint density at radius 3 is 1.46 bits per heavy atom. The molecule has 3 aromatic carbocycles. The molecule has 0 radical (unpaired) electrons. The summed E-state index contributed by atoms with van der Waals surface area (Å²) < 4.78 is 21.9. The minimum Gasteiger partial charge on any atom is -0.461 e. The maximum absolute atomic E-state index is 13.4. The lowest BCUT2D eigenvalue weighted by molar-refractivity contribution is -0.107. The van der Waals surface area contributed by atoms with Gasteiger partial charge in [0.05, 0.1) is 21.5 Å². The van der Waals surface area contributed by atoms with Gasteiger partial charge in [0.15, 0.2) is 0 Å². The van der Waals surface area contributed by atoms with E-state index >= 15 is 0 Å². The second-order valence-corrected chi connectivity index (χ2v) is 21.5. The van der Waals surface area contributed by atoms with Crippen molar-refractivity contribution in [3.05, 3.63) is 144 Å². The highest BCUT2D eigenvalue weighted by atomic mass is 32.2. The molecule has 2 aliphatic rings. The fourth-order valence-electron chi connectivity index (χ4n) is 7.77. The van der Waals surface area contributed by atoms with E-state index in [0.717, 1.165) is 102 Å². The van der Waals surface area contributed by atoms with Crippen molar-refractivity contribution >= 4 is 113 Å². The second kappa shape index (κ2) is 14.6.